The Labute approximate surface area is 350 Å². The zero-order chi connectivity index (χ0) is 44.2. The summed E-state index contributed by atoms with van der Waals surface area (Å²) in [5.74, 6) is -7.84. The van der Waals surface area contributed by atoms with Crippen molar-refractivity contribution in [1.29, 1.82) is 0 Å². The Morgan fingerprint density at radius 2 is 1.30 bits per heavy atom. The SMILES string of the molecule is NCCCC[C@H](NC(=O)[C@H](CS)NC(=O)[C@H](Cc1ccccc1)NC(=O)[C@@H](N)CCC(=O)O)C(=O)NCC(=O)N[C@@H](CO)C(=O)N[C@@H](Cc1c[nH]c2ccccc12)C(=O)O. The molecule has 2 aromatic carbocycles. The standard InChI is InChI=1S/C39H53N9O11S/c40-15-7-6-12-27(45-38(57)31(21-60)48-36(55)28(16-22-8-2-1-3-9-22)46-34(53)25(41)13-14-33(51)52)35(54)43-19-32(50)44-30(20-49)37(56)47-29(39(58)59)17-23-18-42-26-11-5-4-10-24(23)26/h1-5,8-11,18,25,27-31,42,49,60H,6-7,12-17,19-21,40-41H2,(H,43,54)(H,44,50)(H,45,57)(H,46,53)(H,47,56)(H,48,55)(H,51,52)(H,58,59)/t25-,27-,28-,29-,30-,31-/m0/s1. The van der Waals surface area contributed by atoms with Crippen molar-refractivity contribution in [3.05, 3.63) is 71.9 Å². The fraction of sp³-hybridized carbons (Fsp3) is 0.436. The quantitative estimate of drug-likeness (QED) is 0.0302. The normalized spacial score (nSPS) is 14.0. The molecule has 0 saturated heterocycles. The van der Waals surface area contributed by atoms with Gasteiger partial charge < -0.3 is 63.7 Å². The molecule has 0 bridgehead atoms. The van der Waals surface area contributed by atoms with E-state index in [1.165, 1.54) is 0 Å². The van der Waals surface area contributed by atoms with Gasteiger partial charge >= 0.3 is 11.9 Å². The smallest absolute Gasteiger partial charge is 0.326 e. The zero-order valence-corrected chi connectivity index (χ0v) is 33.6. The number of para-hydroxylation sites is 1. The number of hydrogen-bond donors (Lipinski definition) is 13. The summed E-state index contributed by atoms with van der Waals surface area (Å²) in [6.07, 6.45) is 1.88. The molecule has 326 valence electrons. The van der Waals surface area contributed by atoms with Gasteiger partial charge in [0.25, 0.3) is 0 Å². The van der Waals surface area contributed by atoms with E-state index in [9.17, 15) is 48.6 Å². The van der Waals surface area contributed by atoms with Gasteiger partial charge in [0.15, 0.2) is 0 Å². The molecule has 3 aromatic rings. The molecule has 6 amide bonds. The summed E-state index contributed by atoms with van der Waals surface area (Å²) in [5, 5.41) is 44.0. The number of amides is 6. The van der Waals surface area contributed by atoms with Crippen molar-refractivity contribution in [1.82, 2.24) is 36.9 Å². The number of carboxylic acid groups (broad SMARTS) is 2. The van der Waals surface area contributed by atoms with Crippen LogP contribution in [0.1, 0.15) is 43.2 Å². The molecule has 3 rings (SSSR count). The van der Waals surface area contributed by atoms with E-state index in [1.54, 1.807) is 60.8 Å². The summed E-state index contributed by atoms with van der Waals surface area (Å²) < 4.78 is 0. The van der Waals surface area contributed by atoms with E-state index in [0.717, 1.165) is 10.9 Å². The van der Waals surface area contributed by atoms with Gasteiger partial charge in [-0.1, -0.05) is 48.5 Å². The summed E-state index contributed by atoms with van der Waals surface area (Å²) >= 11 is 4.20. The second-order valence-corrected chi connectivity index (χ2v) is 14.2. The number of aromatic amines is 1. The van der Waals surface area contributed by atoms with Crippen LogP contribution in [0.25, 0.3) is 10.9 Å². The predicted octanol–water partition coefficient (Wildman–Crippen LogP) is -2.18. The first-order chi connectivity index (χ1) is 28.7. The molecule has 0 aliphatic carbocycles. The highest BCUT2D eigenvalue weighted by Gasteiger charge is 2.31. The number of aliphatic hydroxyl groups excluding tert-OH is 1. The Hall–Kier alpha value is -6.03. The van der Waals surface area contributed by atoms with Crippen LogP contribution in [0.5, 0.6) is 0 Å². The minimum Gasteiger partial charge on any atom is -0.481 e. The molecule has 0 spiro atoms. The highest BCUT2D eigenvalue weighted by atomic mass is 32.1. The number of rotatable bonds is 26. The second-order valence-electron chi connectivity index (χ2n) is 13.9. The van der Waals surface area contributed by atoms with E-state index < -0.39 is 96.8 Å². The lowest BCUT2D eigenvalue weighted by atomic mass is 10.0. The lowest BCUT2D eigenvalue weighted by molar-refractivity contribution is -0.142. The van der Waals surface area contributed by atoms with Gasteiger partial charge in [0.2, 0.25) is 35.4 Å². The first-order valence-corrected chi connectivity index (χ1v) is 19.8. The van der Waals surface area contributed by atoms with Crippen LogP contribution in [0.15, 0.2) is 60.8 Å². The third kappa shape index (κ3) is 15.6. The number of thiol groups is 1. The Bertz CT molecular complexity index is 1950. The first kappa shape index (κ1) is 48.3. The molecule has 0 aliphatic rings. The third-order valence-electron chi connectivity index (χ3n) is 9.29. The number of hydrogen-bond acceptors (Lipinski definition) is 12. The maximum Gasteiger partial charge on any atom is 0.326 e. The number of benzene rings is 2. The van der Waals surface area contributed by atoms with E-state index >= 15 is 0 Å². The summed E-state index contributed by atoms with van der Waals surface area (Å²) in [7, 11) is 0. The van der Waals surface area contributed by atoms with E-state index in [-0.39, 0.29) is 44.4 Å². The average Bonchev–Trinajstić information content (AvgIpc) is 3.64. The van der Waals surface area contributed by atoms with Crippen LogP contribution < -0.4 is 43.4 Å². The lowest BCUT2D eigenvalue weighted by Crippen LogP contribution is -2.59. The molecule has 0 aliphatic heterocycles. The van der Waals surface area contributed by atoms with Crippen LogP contribution >= 0.6 is 12.6 Å². The number of nitrogens with one attached hydrogen (secondary N) is 7. The molecule has 0 unspecified atom stereocenters. The molecule has 20 nitrogen and oxygen atoms in total. The minimum atomic E-state index is -1.57. The number of carboxylic acids is 2. The number of H-pyrrole nitrogens is 1. The van der Waals surface area contributed by atoms with Crippen molar-refractivity contribution in [2.24, 2.45) is 11.5 Å². The zero-order valence-electron chi connectivity index (χ0n) is 32.7. The number of unbranched alkanes of at least 4 members (excludes halogenated alkanes) is 1. The summed E-state index contributed by atoms with van der Waals surface area (Å²) in [5.41, 5.74) is 13.5. The van der Waals surface area contributed by atoms with Crippen LogP contribution in [0.3, 0.4) is 0 Å². The number of fused-ring (bicyclic) bond motifs is 1. The van der Waals surface area contributed by atoms with Crippen molar-refractivity contribution in [2.75, 3.05) is 25.4 Å². The Morgan fingerprint density at radius 1 is 0.683 bits per heavy atom. The van der Waals surface area contributed by atoms with Crippen molar-refractivity contribution < 1.29 is 53.7 Å². The highest BCUT2D eigenvalue weighted by Crippen LogP contribution is 2.19. The van der Waals surface area contributed by atoms with E-state index in [2.05, 4.69) is 49.5 Å². The van der Waals surface area contributed by atoms with Crippen LogP contribution in [0.2, 0.25) is 0 Å². The van der Waals surface area contributed by atoms with Gasteiger partial charge in [-0.15, -0.1) is 0 Å². The Balaban J connectivity index is 1.63. The number of aliphatic hydroxyl groups is 1. The largest absolute Gasteiger partial charge is 0.481 e. The van der Waals surface area contributed by atoms with E-state index in [1.807, 2.05) is 0 Å². The molecule has 0 saturated carbocycles. The number of carbonyl (C=O) groups excluding carboxylic acids is 6. The fourth-order valence-corrected chi connectivity index (χ4v) is 6.23. The minimum absolute atomic E-state index is 0.0128. The van der Waals surface area contributed by atoms with Gasteiger partial charge in [0.1, 0.15) is 30.2 Å². The molecular weight excluding hydrogens is 803 g/mol. The van der Waals surface area contributed by atoms with Gasteiger partial charge in [-0.2, -0.15) is 12.6 Å². The van der Waals surface area contributed by atoms with Gasteiger partial charge in [-0.3, -0.25) is 33.6 Å². The van der Waals surface area contributed by atoms with Crippen LogP contribution in [-0.2, 0) is 51.2 Å². The fourth-order valence-electron chi connectivity index (χ4n) is 5.97. The number of nitrogens with two attached hydrogens (primary N) is 2. The predicted molar refractivity (Wildman–Crippen MR) is 221 cm³/mol. The van der Waals surface area contributed by atoms with Crippen molar-refractivity contribution >= 4 is 70.9 Å². The number of aliphatic carboxylic acids is 2. The molecule has 60 heavy (non-hydrogen) atoms. The first-order valence-electron chi connectivity index (χ1n) is 19.2. The monoisotopic (exact) mass is 855 g/mol. The van der Waals surface area contributed by atoms with Crippen LogP contribution in [0, 0.1) is 0 Å². The molecule has 1 aromatic heterocycles. The summed E-state index contributed by atoms with van der Waals surface area (Å²) in [6, 6.07) is 7.79. The van der Waals surface area contributed by atoms with Crippen LogP contribution in [-0.4, -0.2) is 129 Å². The van der Waals surface area contributed by atoms with Crippen molar-refractivity contribution in [2.45, 2.75) is 81.2 Å². The van der Waals surface area contributed by atoms with Gasteiger partial charge in [-0.05, 0) is 49.4 Å². The topological polar surface area (TPSA) is 337 Å². The highest BCUT2D eigenvalue weighted by molar-refractivity contribution is 7.80. The lowest BCUT2D eigenvalue weighted by Gasteiger charge is -2.25. The molecule has 1 heterocycles. The molecule has 0 radical (unpaired) electrons. The summed E-state index contributed by atoms with van der Waals surface area (Å²) in [4.78, 5) is 105. The van der Waals surface area contributed by atoms with Crippen molar-refractivity contribution in [3.8, 4) is 0 Å². The number of aromatic nitrogens is 1. The Morgan fingerprint density at radius 3 is 1.95 bits per heavy atom. The molecular formula is C39H53N9O11S. The number of carbonyl (C=O) groups is 8. The van der Waals surface area contributed by atoms with Gasteiger partial charge in [0.05, 0.1) is 19.2 Å². The van der Waals surface area contributed by atoms with E-state index in [4.69, 9.17) is 16.6 Å². The third-order valence-corrected chi connectivity index (χ3v) is 9.65. The van der Waals surface area contributed by atoms with E-state index in [0.29, 0.717) is 24.0 Å². The Kier molecular flexibility index (Phi) is 20.0. The molecule has 0 fully saturated rings. The van der Waals surface area contributed by atoms with Gasteiger partial charge in [0, 0.05) is 42.1 Å². The molecule has 6 atom stereocenters. The van der Waals surface area contributed by atoms with Crippen LogP contribution in [0.4, 0.5) is 0 Å². The van der Waals surface area contributed by atoms with Gasteiger partial charge in [-0.25, -0.2) is 4.79 Å². The maximum atomic E-state index is 13.5. The van der Waals surface area contributed by atoms with Crippen molar-refractivity contribution in [3.63, 3.8) is 0 Å². The molecule has 14 N–H and O–H groups in total. The second kappa shape index (κ2) is 24.8. The average molecular weight is 856 g/mol. The maximum absolute atomic E-state index is 13.5. The summed E-state index contributed by atoms with van der Waals surface area (Å²) in [6.45, 7) is -1.32. The molecule has 21 heteroatoms.